The molecule has 0 bridgehead atoms. The number of methoxy groups -OCH3 is 1. The first-order valence-corrected chi connectivity index (χ1v) is 5.68. The first-order chi connectivity index (χ1) is 8.72. The van der Waals surface area contributed by atoms with E-state index in [-0.39, 0.29) is 0 Å². The zero-order valence-electron chi connectivity index (χ0n) is 10.7. The molecule has 0 aliphatic rings. The number of aryl methyl sites for hydroxylation is 1. The van der Waals surface area contributed by atoms with Gasteiger partial charge in [-0.25, -0.2) is 15.0 Å². The summed E-state index contributed by atoms with van der Waals surface area (Å²) in [5.74, 6) is 1.41. The summed E-state index contributed by atoms with van der Waals surface area (Å²) in [6.07, 6.45) is 3.41. The zero-order valence-corrected chi connectivity index (χ0v) is 10.7. The van der Waals surface area contributed by atoms with Crippen LogP contribution < -0.4 is 4.74 Å². The minimum Gasteiger partial charge on any atom is -0.494 e. The summed E-state index contributed by atoms with van der Waals surface area (Å²) in [5, 5.41) is 0. The van der Waals surface area contributed by atoms with Crippen molar-refractivity contribution in [1.82, 2.24) is 9.97 Å². The van der Waals surface area contributed by atoms with Gasteiger partial charge in [0.2, 0.25) is 0 Å². The molecular formula is C14H15N3O. The second-order valence-electron chi connectivity index (χ2n) is 3.90. The highest BCUT2D eigenvalue weighted by atomic mass is 16.5. The fraction of sp³-hybridized carbons (Fsp3) is 0.214. The molecule has 4 heteroatoms. The van der Waals surface area contributed by atoms with E-state index in [4.69, 9.17) is 4.74 Å². The maximum absolute atomic E-state index is 5.36. The normalized spacial score (nSPS) is 11.4. The van der Waals surface area contributed by atoms with Gasteiger partial charge in [0.1, 0.15) is 11.4 Å². The van der Waals surface area contributed by atoms with Crippen molar-refractivity contribution in [2.24, 2.45) is 4.99 Å². The van der Waals surface area contributed by atoms with E-state index in [2.05, 4.69) is 15.0 Å². The van der Waals surface area contributed by atoms with Gasteiger partial charge in [0.15, 0.2) is 5.82 Å². The monoisotopic (exact) mass is 241 g/mol. The molecule has 1 aromatic heterocycles. The molecule has 4 nitrogen and oxygen atoms in total. The van der Waals surface area contributed by atoms with Crippen molar-refractivity contribution in [3.8, 4) is 5.75 Å². The second-order valence-corrected chi connectivity index (χ2v) is 3.90. The molecule has 18 heavy (non-hydrogen) atoms. The Bertz CT molecular complexity index is 565. The molecular weight excluding hydrogens is 226 g/mol. The topological polar surface area (TPSA) is 47.4 Å². The van der Waals surface area contributed by atoms with Gasteiger partial charge in [-0.05, 0) is 31.5 Å². The van der Waals surface area contributed by atoms with E-state index in [1.165, 1.54) is 0 Å². The number of hydrogen-bond donors (Lipinski definition) is 0. The summed E-state index contributed by atoms with van der Waals surface area (Å²) in [5.41, 5.74) is 2.61. The number of rotatable bonds is 3. The standard InChI is InChI=1S/C14H15N3O/c1-10-6-4-7-12(13(10)18-3)17-11(2)14-15-8-5-9-16-14/h4-9H,1-3H3. The highest BCUT2D eigenvalue weighted by molar-refractivity contribution is 5.97. The molecule has 0 radical (unpaired) electrons. The Morgan fingerprint density at radius 3 is 2.56 bits per heavy atom. The van der Waals surface area contributed by atoms with Crippen molar-refractivity contribution >= 4 is 11.4 Å². The molecule has 0 aliphatic carbocycles. The van der Waals surface area contributed by atoms with E-state index in [1.54, 1.807) is 25.6 Å². The first-order valence-electron chi connectivity index (χ1n) is 5.68. The van der Waals surface area contributed by atoms with Gasteiger partial charge < -0.3 is 4.74 Å². The van der Waals surface area contributed by atoms with Crippen LogP contribution in [0.3, 0.4) is 0 Å². The number of hydrogen-bond acceptors (Lipinski definition) is 4. The zero-order chi connectivity index (χ0) is 13.0. The van der Waals surface area contributed by atoms with Crippen LogP contribution in [-0.2, 0) is 0 Å². The first kappa shape index (κ1) is 12.2. The van der Waals surface area contributed by atoms with Gasteiger partial charge in [-0.3, -0.25) is 0 Å². The van der Waals surface area contributed by atoms with Gasteiger partial charge in [-0.15, -0.1) is 0 Å². The molecule has 0 saturated carbocycles. The number of ether oxygens (including phenoxy) is 1. The lowest BCUT2D eigenvalue weighted by Crippen LogP contribution is -2.01. The van der Waals surface area contributed by atoms with Crippen molar-refractivity contribution in [1.29, 1.82) is 0 Å². The lowest BCUT2D eigenvalue weighted by molar-refractivity contribution is 0.413. The molecule has 2 aromatic rings. The van der Waals surface area contributed by atoms with Crippen molar-refractivity contribution in [3.05, 3.63) is 48.0 Å². The third-order valence-corrected chi connectivity index (χ3v) is 2.57. The van der Waals surface area contributed by atoms with E-state index in [1.807, 2.05) is 32.0 Å². The molecule has 0 unspecified atom stereocenters. The van der Waals surface area contributed by atoms with Gasteiger partial charge in [-0.2, -0.15) is 0 Å². The van der Waals surface area contributed by atoms with Crippen LogP contribution in [0.1, 0.15) is 18.3 Å². The second kappa shape index (κ2) is 5.40. The quantitative estimate of drug-likeness (QED) is 0.776. The van der Waals surface area contributed by atoms with Gasteiger partial charge in [-0.1, -0.05) is 12.1 Å². The Hall–Kier alpha value is -2.23. The average molecular weight is 241 g/mol. The molecule has 1 heterocycles. The van der Waals surface area contributed by atoms with Gasteiger partial charge >= 0.3 is 0 Å². The SMILES string of the molecule is COc1c(C)cccc1N=C(C)c1ncccn1. The largest absolute Gasteiger partial charge is 0.494 e. The number of aliphatic imine (C=N–C) groups is 1. The summed E-state index contributed by atoms with van der Waals surface area (Å²) in [6, 6.07) is 7.64. The summed E-state index contributed by atoms with van der Waals surface area (Å²) in [4.78, 5) is 12.9. The van der Waals surface area contributed by atoms with Crippen LogP contribution in [0.5, 0.6) is 5.75 Å². The smallest absolute Gasteiger partial charge is 0.173 e. The minimum atomic E-state index is 0.626. The third-order valence-electron chi connectivity index (χ3n) is 2.57. The highest BCUT2D eigenvalue weighted by Crippen LogP contribution is 2.30. The van der Waals surface area contributed by atoms with Crippen LogP contribution in [0.2, 0.25) is 0 Å². The van der Waals surface area contributed by atoms with E-state index in [9.17, 15) is 0 Å². The van der Waals surface area contributed by atoms with E-state index in [0.29, 0.717) is 5.82 Å². The van der Waals surface area contributed by atoms with Crippen molar-refractivity contribution < 1.29 is 4.74 Å². The van der Waals surface area contributed by atoms with Gasteiger partial charge in [0.25, 0.3) is 0 Å². The molecule has 0 atom stereocenters. The van der Waals surface area contributed by atoms with Crippen LogP contribution in [0.4, 0.5) is 5.69 Å². The summed E-state index contributed by atoms with van der Waals surface area (Å²) in [7, 11) is 1.65. The van der Waals surface area contributed by atoms with Crippen molar-refractivity contribution in [2.75, 3.05) is 7.11 Å². The highest BCUT2D eigenvalue weighted by Gasteiger charge is 2.06. The summed E-state index contributed by atoms with van der Waals surface area (Å²) < 4.78 is 5.36. The predicted octanol–water partition coefficient (Wildman–Crippen LogP) is 2.93. The fourth-order valence-electron chi connectivity index (χ4n) is 1.71. The molecule has 0 saturated heterocycles. The van der Waals surface area contributed by atoms with E-state index >= 15 is 0 Å². The lowest BCUT2D eigenvalue weighted by Gasteiger charge is -2.08. The molecule has 0 N–H and O–H groups in total. The van der Waals surface area contributed by atoms with Crippen LogP contribution in [0, 0.1) is 6.92 Å². The Balaban J connectivity index is 2.42. The third kappa shape index (κ3) is 2.53. The maximum Gasteiger partial charge on any atom is 0.173 e. The fourth-order valence-corrected chi connectivity index (χ4v) is 1.71. The Kier molecular flexibility index (Phi) is 3.67. The van der Waals surface area contributed by atoms with Crippen LogP contribution in [-0.4, -0.2) is 22.8 Å². The average Bonchev–Trinajstić information content (AvgIpc) is 2.40. The maximum atomic E-state index is 5.36. The molecule has 0 fully saturated rings. The van der Waals surface area contributed by atoms with Gasteiger partial charge in [0, 0.05) is 12.4 Å². The van der Waals surface area contributed by atoms with Crippen molar-refractivity contribution in [2.45, 2.75) is 13.8 Å². The van der Waals surface area contributed by atoms with Crippen LogP contribution in [0.15, 0.2) is 41.7 Å². The number of aromatic nitrogens is 2. The van der Waals surface area contributed by atoms with Crippen LogP contribution in [0.25, 0.3) is 0 Å². The molecule has 0 aliphatic heterocycles. The van der Waals surface area contributed by atoms with Crippen LogP contribution >= 0.6 is 0 Å². The van der Waals surface area contributed by atoms with Gasteiger partial charge in [0.05, 0.1) is 12.8 Å². The minimum absolute atomic E-state index is 0.626. The summed E-state index contributed by atoms with van der Waals surface area (Å²) in [6.45, 7) is 3.88. The number of benzene rings is 1. The molecule has 2 rings (SSSR count). The molecule has 0 amide bonds. The molecule has 92 valence electrons. The Morgan fingerprint density at radius 2 is 1.89 bits per heavy atom. The summed E-state index contributed by atoms with van der Waals surface area (Å²) >= 11 is 0. The predicted molar refractivity (Wildman–Crippen MR) is 71.6 cm³/mol. The Labute approximate surface area is 106 Å². The molecule has 1 aromatic carbocycles. The number of para-hydroxylation sites is 1. The molecule has 0 spiro atoms. The number of nitrogens with zero attached hydrogens (tertiary/aromatic N) is 3. The lowest BCUT2D eigenvalue weighted by atomic mass is 10.2. The van der Waals surface area contributed by atoms with E-state index in [0.717, 1.165) is 22.7 Å². The Morgan fingerprint density at radius 1 is 1.17 bits per heavy atom. The van der Waals surface area contributed by atoms with Crippen molar-refractivity contribution in [3.63, 3.8) is 0 Å². The van der Waals surface area contributed by atoms with E-state index < -0.39 is 0 Å².